The lowest BCUT2D eigenvalue weighted by Gasteiger charge is -2.37. The van der Waals surface area contributed by atoms with Crippen LogP contribution in [0.25, 0.3) is 0 Å². The maximum absolute atomic E-state index is 12.7. The number of hydrogen-bond acceptors (Lipinski definition) is 3. The van der Waals surface area contributed by atoms with Crippen molar-refractivity contribution in [3.8, 4) is 0 Å². The highest BCUT2D eigenvalue weighted by Gasteiger charge is 2.49. The normalized spacial score (nSPS) is 29.8. The molecule has 1 aliphatic carbocycles. The van der Waals surface area contributed by atoms with Gasteiger partial charge in [-0.1, -0.05) is 12.8 Å². The van der Waals surface area contributed by atoms with E-state index in [-0.39, 0.29) is 11.3 Å². The average Bonchev–Trinajstić information content (AvgIpc) is 2.83. The molecule has 1 aliphatic heterocycles. The number of carbonyl (C=O) groups excluding carboxylic acids is 1. The summed E-state index contributed by atoms with van der Waals surface area (Å²) in [6.07, 6.45) is 8.13. The van der Waals surface area contributed by atoms with Gasteiger partial charge in [-0.25, -0.2) is 0 Å². The first-order chi connectivity index (χ1) is 9.21. The zero-order valence-electron chi connectivity index (χ0n) is 11.4. The maximum atomic E-state index is 12.7. The van der Waals surface area contributed by atoms with Crippen LogP contribution in [0.1, 0.15) is 31.2 Å². The van der Waals surface area contributed by atoms with E-state index >= 15 is 0 Å². The Bertz CT molecular complexity index is 488. The van der Waals surface area contributed by atoms with E-state index in [9.17, 15) is 4.79 Å². The molecule has 3 rings (SSSR count). The third kappa shape index (κ3) is 2.25. The van der Waals surface area contributed by atoms with Gasteiger partial charge in [0.05, 0.1) is 17.3 Å². The molecule has 0 unspecified atom stereocenters. The van der Waals surface area contributed by atoms with Crippen LogP contribution in [0.5, 0.6) is 0 Å². The Hall–Kier alpha value is -1.42. The molecule has 2 N–H and O–H groups in total. The number of pyridine rings is 1. The predicted octanol–water partition coefficient (Wildman–Crippen LogP) is 2.11. The van der Waals surface area contributed by atoms with E-state index in [0.29, 0.717) is 5.92 Å². The van der Waals surface area contributed by atoms with Crippen LogP contribution < -0.4 is 10.6 Å². The fraction of sp³-hybridized carbons (Fsp3) is 0.600. The van der Waals surface area contributed by atoms with Crippen molar-refractivity contribution in [2.75, 3.05) is 18.4 Å². The number of aromatic nitrogens is 1. The Morgan fingerprint density at radius 3 is 3.21 bits per heavy atom. The van der Waals surface area contributed by atoms with Crippen LogP contribution in [0.3, 0.4) is 0 Å². The Kier molecular flexibility index (Phi) is 3.27. The van der Waals surface area contributed by atoms with Gasteiger partial charge in [0.25, 0.3) is 0 Å². The highest BCUT2D eigenvalue weighted by Crippen LogP contribution is 2.44. The Labute approximate surface area is 114 Å². The number of anilines is 1. The monoisotopic (exact) mass is 259 g/mol. The minimum Gasteiger partial charge on any atom is -0.324 e. The van der Waals surface area contributed by atoms with Crippen LogP contribution >= 0.6 is 0 Å². The van der Waals surface area contributed by atoms with Gasteiger partial charge in [0.1, 0.15) is 0 Å². The Morgan fingerprint density at radius 2 is 2.37 bits per heavy atom. The quantitative estimate of drug-likeness (QED) is 0.855. The number of aryl methyl sites for hydroxylation is 1. The summed E-state index contributed by atoms with van der Waals surface area (Å²) >= 11 is 0. The van der Waals surface area contributed by atoms with Crippen LogP contribution in [0.15, 0.2) is 18.5 Å². The second kappa shape index (κ2) is 4.93. The summed E-state index contributed by atoms with van der Waals surface area (Å²) < 4.78 is 0. The summed E-state index contributed by atoms with van der Waals surface area (Å²) in [5.74, 6) is 0.675. The minimum absolute atomic E-state index is 0.176. The number of rotatable bonds is 2. The van der Waals surface area contributed by atoms with Gasteiger partial charge in [-0.15, -0.1) is 0 Å². The number of nitrogens with one attached hydrogen (secondary N) is 2. The zero-order chi connectivity index (χ0) is 13.3. The molecule has 2 fully saturated rings. The molecule has 2 aliphatic rings. The molecule has 102 valence electrons. The van der Waals surface area contributed by atoms with Crippen molar-refractivity contribution in [3.05, 3.63) is 24.0 Å². The van der Waals surface area contributed by atoms with E-state index in [2.05, 4.69) is 15.6 Å². The first-order valence-corrected chi connectivity index (χ1v) is 7.14. The number of fused-ring (bicyclic) bond motifs is 1. The SMILES string of the molecule is Cc1cncc(NC(=O)[C@@]23CCCC[C@H]2CNC3)c1. The van der Waals surface area contributed by atoms with Gasteiger partial charge in [0.15, 0.2) is 0 Å². The summed E-state index contributed by atoms with van der Waals surface area (Å²) in [5, 5.41) is 6.48. The fourth-order valence-corrected chi connectivity index (χ4v) is 3.57. The summed E-state index contributed by atoms with van der Waals surface area (Å²) in [4.78, 5) is 16.8. The summed E-state index contributed by atoms with van der Waals surface area (Å²) in [6.45, 7) is 3.80. The molecule has 1 amide bonds. The van der Waals surface area contributed by atoms with Crippen LogP contribution in [0.2, 0.25) is 0 Å². The summed E-state index contributed by atoms with van der Waals surface area (Å²) in [6, 6.07) is 1.97. The number of amides is 1. The topological polar surface area (TPSA) is 54.0 Å². The van der Waals surface area contributed by atoms with Gasteiger partial charge >= 0.3 is 0 Å². The van der Waals surface area contributed by atoms with Crippen molar-refractivity contribution in [1.82, 2.24) is 10.3 Å². The molecule has 0 aromatic carbocycles. The molecule has 4 nitrogen and oxygen atoms in total. The van der Waals surface area contributed by atoms with Crippen LogP contribution in [0.4, 0.5) is 5.69 Å². The summed E-state index contributed by atoms with van der Waals surface area (Å²) in [5.41, 5.74) is 1.69. The standard InChI is InChI=1S/C15H21N3O/c1-11-6-13(9-16-7-11)18-14(19)15-5-3-2-4-12(15)8-17-10-15/h6-7,9,12,17H,2-5,8,10H2,1H3,(H,18,19)/t12-,15+/m0/s1. The minimum atomic E-state index is -0.192. The lowest BCUT2D eigenvalue weighted by Crippen LogP contribution is -2.44. The van der Waals surface area contributed by atoms with Gasteiger partial charge in [-0.2, -0.15) is 0 Å². The molecular weight excluding hydrogens is 238 g/mol. The van der Waals surface area contributed by atoms with Gasteiger partial charge in [-0.05, 0) is 43.9 Å². The van der Waals surface area contributed by atoms with Crippen molar-refractivity contribution in [3.63, 3.8) is 0 Å². The molecule has 1 saturated carbocycles. The summed E-state index contributed by atoms with van der Waals surface area (Å²) in [7, 11) is 0. The maximum Gasteiger partial charge on any atom is 0.232 e. The van der Waals surface area contributed by atoms with Crippen LogP contribution in [-0.4, -0.2) is 24.0 Å². The molecule has 2 heterocycles. The number of nitrogens with zero attached hydrogens (tertiary/aromatic N) is 1. The van der Waals surface area contributed by atoms with Crippen molar-refractivity contribution in [2.45, 2.75) is 32.6 Å². The number of hydrogen-bond donors (Lipinski definition) is 2. The molecule has 4 heteroatoms. The lowest BCUT2D eigenvalue weighted by atomic mass is 9.67. The Balaban J connectivity index is 1.79. The van der Waals surface area contributed by atoms with Crippen LogP contribution in [-0.2, 0) is 4.79 Å². The molecule has 1 aromatic rings. The van der Waals surface area contributed by atoms with Gasteiger partial charge in [0.2, 0.25) is 5.91 Å². The smallest absolute Gasteiger partial charge is 0.232 e. The van der Waals surface area contributed by atoms with Crippen molar-refractivity contribution in [1.29, 1.82) is 0 Å². The molecule has 0 spiro atoms. The first-order valence-electron chi connectivity index (χ1n) is 7.14. The molecule has 0 radical (unpaired) electrons. The van der Waals surface area contributed by atoms with Crippen molar-refractivity contribution in [2.24, 2.45) is 11.3 Å². The zero-order valence-corrected chi connectivity index (χ0v) is 11.4. The molecule has 19 heavy (non-hydrogen) atoms. The lowest BCUT2D eigenvalue weighted by molar-refractivity contribution is -0.128. The van der Waals surface area contributed by atoms with Gasteiger partial charge in [0, 0.05) is 12.7 Å². The second-order valence-corrected chi connectivity index (χ2v) is 5.93. The van der Waals surface area contributed by atoms with E-state index in [1.165, 1.54) is 12.8 Å². The second-order valence-electron chi connectivity index (χ2n) is 5.93. The predicted molar refractivity (Wildman–Crippen MR) is 74.9 cm³/mol. The molecular formula is C15H21N3O. The molecule has 1 saturated heterocycles. The first kappa shape index (κ1) is 12.6. The molecule has 2 atom stereocenters. The average molecular weight is 259 g/mol. The van der Waals surface area contributed by atoms with Crippen molar-refractivity contribution >= 4 is 11.6 Å². The van der Waals surface area contributed by atoms with E-state index in [4.69, 9.17) is 0 Å². The van der Waals surface area contributed by atoms with E-state index in [1.807, 2.05) is 13.0 Å². The largest absolute Gasteiger partial charge is 0.324 e. The van der Waals surface area contributed by atoms with Crippen molar-refractivity contribution < 1.29 is 4.79 Å². The van der Waals surface area contributed by atoms with E-state index < -0.39 is 0 Å². The fourth-order valence-electron chi connectivity index (χ4n) is 3.57. The number of carbonyl (C=O) groups is 1. The highest BCUT2D eigenvalue weighted by molar-refractivity contribution is 5.96. The van der Waals surface area contributed by atoms with E-state index in [0.717, 1.165) is 37.2 Å². The highest BCUT2D eigenvalue weighted by atomic mass is 16.2. The van der Waals surface area contributed by atoms with E-state index in [1.54, 1.807) is 12.4 Å². The third-order valence-electron chi connectivity index (χ3n) is 4.62. The van der Waals surface area contributed by atoms with Gasteiger partial charge in [-0.3, -0.25) is 9.78 Å². The third-order valence-corrected chi connectivity index (χ3v) is 4.62. The Morgan fingerprint density at radius 1 is 1.47 bits per heavy atom. The molecule has 0 bridgehead atoms. The van der Waals surface area contributed by atoms with Crippen LogP contribution in [0, 0.1) is 18.3 Å². The van der Waals surface area contributed by atoms with Gasteiger partial charge < -0.3 is 10.6 Å². The molecule has 1 aromatic heterocycles.